The Labute approximate surface area is 179 Å². The average Bonchev–Trinajstić information content (AvgIpc) is 2.81. The predicted molar refractivity (Wildman–Crippen MR) is 117 cm³/mol. The van der Waals surface area contributed by atoms with Crippen molar-refractivity contribution in [1.29, 1.82) is 0 Å². The van der Waals surface area contributed by atoms with Crippen molar-refractivity contribution in [3.8, 4) is 0 Å². The van der Waals surface area contributed by atoms with Gasteiger partial charge in [0, 0.05) is 17.4 Å². The number of aryl methyl sites for hydroxylation is 1. The van der Waals surface area contributed by atoms with Crippen LogP contribution >= 0.6 is 11.6 Å². The zero-order chi connectivity index (χ0) is 21.4. The van der Waals surface area contributed by atoms with Crippen LogP contribution in [0.25, 0.3) is 0 Å². The third kappa shape index (κ3) is 5.04. The Morgan fingerprint density at radius 3 is 2.00 bits per heavy atom. The van der Waals surface area contributed by atoms with Gasteiger partial charge in [0.1, 0.15) is 0 Å². The summed E-state index contributed by atoms with van der Waals surface area (Å²) in [5.41, 5.74) is 0.811. The first-order valence-electron chi connectivity index (χ1n) is 9.60. The van der Waals surface area contributed by atoms with Gasteiger partial charge in [-0.25, -0.2) is 13.1 Å². The van der Waals surface area contributed by atoms with E-state index in [2.05, 4.69) is 4.72 Å². The van der Waals surface area contributed by atoms with Crippen molar-refractivity contribution < 1.29 is 17.7 Å². The van der Waals surface area contributed by atoms with Gasteiger partial charge in [0.25, 0.3) is 0 Å². The summed E-state index contributed by atoms with van der Waals surface area (Å²) in [4.78, 5) is 0.219. The molecular formula is C21H27BClNO4S. The number of rotatable bonds is 6. The van der Waals surface area contributed by atoms with E-state index in [4.69, 9.17) is 20.9 Å². The minimum Gasteiger partial charge on any atom is -0.403 e. The number of benzene rings is 2. The molecule has 1 unspecified atom stereocenters. The number of nitrogens with one attached hydrogen (secondary N) is 1. The molecule has 0 spiro atoms. The first-order valence-corrected chi connectivity index (χ1v) is 11.5. The van der Waals surface area contributed by atoms with E-state index in [1.165, 1.54) is 0 Å². The second-order valence-electron chi connectivity index (χ2n) is 8.46. The smallest absolute Gasteiger partial charge is 0.403 e. The molecular weight excluding hydrogens is 409 g/mol. The Morgan fingerprint density at radius 2 is 1.48 bits per heavy atom. The maximum atomic E-state index is 13.0. The Morgan fingerprint density at radius 1 is 0.966 bits per heavy atom. The van der Waals surface area contributed by atoms with E-state index in [-0.39, 0.29) is 4.90 Å². The monoisotopic (exact) mass is 435 g/mol. The number of sulfonamides is 1. The Balaban J connectivity index is 1.88. The molecule has 1 aliphatic rings. The van der Waals surface area contributed by atoms with E-state index in [1.807, 2.05) is 46.8 Å². The van der Waals surface area contributed by atoms with Crippen LogP contribution in [0.5, 0.6) is 0 Å². The molecule has 0 aliphatic carbocycles. The molecule has 5 nitrogen and oxygen atoms in total. The quantitative estimate of drug-likeness (QED) is 0.664. The molecule has 0 amide bonds. The van der Waals surface area contributed by atoms with Crippen LogP contribution in [0.3, 0.4) is 0 Å². The summed E-state index contributed by atoms with van der Waals surface area (Å²) in [6.07, 6.45) is 0.333. The van der Waals surface area contributed by atoms with Gasteiger partial charge in [0.15, 0.2) is 0 Å². The van der Waals surface area contributed by atoms with Gasteiger partial charge in [-0.15, -0.1) is 0 Å². The molecule has 1 heterocycles. The Kier molecular flexibility index (Phi) is 6.19. The first kappa shape index (κ1) is 22.3. The highest BCUT2D eigenvalue weighted by atomic mass is 35.5. The van der Waals surface area contributed by atoms with Crippen molar-refractivity contribution in [3.63, 3.8) is 0 Å². The maximum Gasteiger partial charge on any atom is 0.459 e. The Hall–Kier alpha value is -1.38. The molecule has 2 aromatic rings. The lowest BCUT2D eigenvalue weighted by molar-refractivity contribution is 0.00578. The van der Waals surface area contributed by atoms with E-state index in [0.29, 0.717) is 11.3 Å². The van der Waals surface area contributed by atoms with Crippen LogP contribution in [0.2, 0.25) is 11.3 Å². The highest BCUT2D eigenvalue weighted by Crippen LogP contribution is 2.39. The van der Waals surface area contributed by atoms with E-state index in [0.717, 1.165) is 11.1 Å². The fourth-order valence-electron chi connectivity index (χ4n) is 3.17. The molecule has 2 aromatic carbocycles. The molecule has 1 N–H and O–H groups in total. The SMILES string of the molecule is Cc1ccc(S(=O)(=O)NC(CB2OC(C)(C)C(C)(C)O2)c2ccc(Cl)cc2)cc1. The van der Waals surface area contributed by atoms with Crippen LogP contribution in [0, 0.1) is 6.92 Å². The average molecular weight is 436 g/mol. The van der Waals surface area contributed by atoms with Gasteiger partial charge in [0.05, 0.1) is 16.1 Å². The fourth-order valence-corrected chi connectivity index (χ4v) is 4.54. The molecule has 3 rings (SSSR count). The lowest BCUT2D eigenvalue weighted by Gasteiger charge is -2.32. The summed E-state index contributed by atoms with van der Waals surface area (Å²) in [6.45, 7) is 9.81. The predicted octanol–water partition coefficient (Wildman–Crippen LogP) is 4.76. The van der Waals surface area contributed by atoms with Gasteiger partial charge in [-0.2, -0.15) is 0 Å². The Bertz CT molecular complexity index is 943. The van der Waals surface area contributed by atoms with Crippen LogP contribution in [-0.2, 0) is 19.3 Å². The van der Waals surface area contributed by atoms with Crippen LogP contribution in [0.1, 0.15) is 44.9 Å². The van der Waals surface area contributed by atoms with Crippen LogP contribution in [0.15, 0.2) is 53.4 Å². The van der Waals surface area contributed by atoms with E-state index < -0.39 is 34.4 Å². The maximum absolute atomic E-state index is 13.0. The molecule has 0 aromatic heterocycles. The molecule has 1 aliphatic heterocycles. The molecule has 1 fully saturated rings. The second kappa shape index (κ2) is 8.04. The van der Waals surface area contributed by atoms with Crippen LogP contribution in [0.4, 0.5) is 0 Å². The number of hydrogen-bond donors (Lipinski definition) is 1. The first-order chi connectivity index (χ1) is 13.4. The van der Waals surface area contributed by atoms with E-state index >= 15 is 0 Å². The molecule has 0 radical (unpaired) electrons. The van der Waals surface area contributed by atoms with Crippen LogP contribution in [-0.4, -0.2) is 26.7 Å². The minimum atomic E-state index is -3.73. The van der Waals surface area contributed by atoms with Gasteiger partial charge in [-0.05, 0) is 64.4 Å². The van der Waals surface area contributed by atoms with Crippen LogP contribution < -0.4 is 4.72 Å². The number of hydrogen-bond acceptors (Lipinski definition) is 4. The normalized spacial score (nSPS) is 19.3. The highest BCUT2D eigenvalue weighted by molar-refractivity contribution is 7.89. The zero-order valence-electron chi connectivity index (χ0n) is 17.4. The summed E-state index contributed by atoms with van der Waals surface area (Å²) in [5.74, 6) is 0. The molecule has 0 bridgehead atoms. The topological polar surface area (TPSA) is 64.6 Å². The lowest BCUT2D eigenvalue weighted by Crippen LogP contribution is -2.41. The van der Waals surface area contributed by atoms with Gasteiger partial charge >= 0.3 is 7.12 Å². The van der Waals surface area contributed by atoms with Crippen molar-refractivity contribution >= 4 is 28.7 Å². The standard InChI is InChI=1S/C21H27BClNO4S/c1-15-6-12-18(13-7-15)29(25,26)24-19(16-8-10-17(23)11-9-16)14-22-27-20(2,3)21(4,5)28-22/h6-13,19,24H,14H2,1-5H3. The second-order valence-corrected chi connectivity index (χ2v) is 10.6. The third-order valence-electron chi connectivity index (χ3n) is 5.63. The van der Waals surface area contributed by atoms with Gasteiger partial charge < -0.3 is 9.31 Å². The molecule has 156 valence electrons. The minimum absolute atomic E-state index is 0.219. The van der Waals surface area contributed by atoms with Crippen molar-refractivity contribution in [1.82, 2.24) is 4.72 Å². The van der Waals surface area contributed by atoms with Gasteiger partial charge in [-0.3, -0.25) is 0 Å². The van der Waals surface area contributed by atoms with Crippen molar-refractivity contribution in [2.45, 2.75) is 63.1 Å². The molecule has 0 saturated carbocycles. The fraction of sp³-hybridized carbons (Fsp3) is 0.429. The third-order valence-corrected chi connectivity index (χ3v) is 7.37. The zero-order valence-corrected chi connectivity index (χ0v) is 19.0. The summed E-state index contributed by atoms with van der Waals surface area (Å²) >= 11 is 6.02. The number of halogens is 1. The highest BCUT2D eigenvalue weighted by Gasteiger charge is 2.51. The van der Waals surface area contributed by atoms with E-state index in [9.17, 15) is 8.42 Å². The summed E-state index contributed by atoms with van der Waals surface area (Å²) in [6, 6.07) is 13.3. The van der Waals surface area contributed by atoms with E-state index in [1.54, 1.807) is 36.4 Å². The summed E-state index contributed by atoms with van der Waals surface area (Å²) < 4.78 is 41.0. The van der Waals surface area contributed by atoms with Crippen molar-refractivity contribution in [3.05, 3.63) is 64.7 Å². The summed E-state index contributed by atoms with van der Waals surface area (Å²) in [5, 5.41) is 0.588. The molecule has 1 saturated heterocycles. The largest absolute Gasteiger partial charge is 0.459 e. The van der Waals surface area contributed by atoms with Gasteiger partial charge in [0.2, 0.25) is 10.0 Å². The molecule has 1 atom stereocenters. The summed E-state index contributed by atoms with van der Waals surface area (Å²) in [7, 11) is -4.27. The van der Waals surface area contributed by atoms with Gasteiger partial charge in [-0.1, -0.05) is 41.4 Å². The molecule has 8 heteroatoms. The lowest BCUT2D eigenvalue weighted by atomic mass is 9.79. The molecule has 29 heavy (non-hydrogen) atoms. The van der Waals surface area contributed by atoms with Crippen molar-refractivity contribution in [2.75, 3.05) is 0 Å². The van der Waals surface area contributed by atoms with Crippen molar-refractivity contribution in [2.24, 2.45) is 0 Å².